The Morgan fingerprint density at radius 1 is 1.41 bits per heavy atom. The molecule has 0 atom stereocenters. The summed E-state index contributed by atoms with van der Waals surface area (Å²) >= 11 is 0. The van der Waals surface area contributed by atoms with Crippen LogP contribution in [0, 0.1) is 0 Å². The summed E-state index contributed by atoms with van der Waals surface area (Å²) in [6, 6.07) is 3.19. The zero-order chi connectivity index (χ0) is 13.0. The van der Waals surface area contributed by atoms with Gasteiger partial charge in [0, 0.05) is 6.42 Å². The third-order valence-electron chi connectivity index (χ3n) is 2.06. The van der Waals surface area contributed by atoms with Crippen molar-refractivity contribution in [3.63, 3.8) is 0 Å². The van der Waals surface area contributed by atoms with Crippen LogP contribution in [0.25, 0.3) is 0 Å². The van der Waals surface area contributed by atoms with Crippen LogP contribution in [0.1, 0.15) is 34.1 Å². The lowest BCUT2D eigenvalue weighted by Gasteiger charge is -2.09. The number of carbonyl (C=O) groups excluding carboxylic acids is 1. The van der Waals surface area contributed by atoms with E-state index in [9.17, 15) is 18.4 Å². The van der Waals surface area contributed by atoms with Gasteiger partial charge in [0.15, 0.2) is 5.78 Å². The molecule has 0 aromatic heterocycles. The number of carbonyl (C=O) groups is 2. The number of halogens is 2. The number of alkyl halides is 2. The molecule has 0 saturated carbocycles. The van der Waals surface area contributed by atoms with Gasteiger partial charge in [0.25, 0.3) is 0 Å². The Morgan fingerprint density at radius 2 is 2.06 bits per heavy atom. The molecule has 17 heavy (non-hydrogen) atoms. The lowest BCUT2D eigenvalue weighted by atomic mass is 10.0. The number of carboxylic acid groups (broad SMARTS) is 1. The minimum absolute atomic E-state index is 0.0721. The van der Waals surface area contributed by atoms with Crippen LogP contribution in [-0.2, 0) is 0 Å². The van der Waals surface area contributed by atoms with Crippen molar-refractivity contribution in [1.82, 2.24) is 0 Å². The number of hydrogen-bond acceptors (Lipinski definition) is 3. The molecule has 0 amide bonds. The van der Waals surface area contributed by atoms with Crippen molar-refractivity contribution in [3.8, 4) is 5.75 Å². The molecule has 1 aromatic carbocycles. The van der Waals surface area contributed by atoms with E-state index < -0.39 is 18.4 Å². The number of benzene rings is 1. The van der Waals surface area contributed by atoms with E-state index in [2.05, 4.69) is 4.74 Å². The first-order valence-electron chi connectivity index (χ1n) is 4.81. The predicted molar refractivity (Wildman–Crippen MR) is 54.7 cm³/mol. The van der Waals surface area contributed by atoms with E-state index >= 15 is 0 Å². The molecule has 0 spiro atoms. The van der Waals surface area contributed by atoms with Gasteiger partial charge in [0.2, 0.25) is 0 Å². The fraction of sp³-hybridized carbons (Fsp3) is 0.273. The molecule has 0 saturated heterocycles. The molecule has 0 aliphatic carbocycles. The van der Waals surface area contributed by atoms with Gasteiger partial charge in [-0.15, -0.1) is 0 Å². The van der Waals surface area contributed by atoms with Gasteiger partial charge >= 0.3 is 12.6 Å². The Hall–Kier alpha value is -1.98. The summed E-state index contributed by atoms with van der Waals surface area (Å²) in [4.78, 5) is 22.2. The Balaban J connectivity index is 3.21. The summed E-state index contributed by atoms with van der Waals surface area (Å²) < 4.78 is 28.3. The van der Waals surface area contributed by atoms with Crippen LogP contribution in [0.15, 0.2) is 18.2 Å². The highest BCUT2D eigenvalue weighted by Gasteiger charge is 2.17. The molecule has 0 heterocycles. The second-order valence-corrected chi connectivity index (χ2v) is 3.17. The van der Waals surface area contributed by atoms with E-state index in [1.807, 2.05) is 0 Å². The Morgan fingerprint density at radius 3 is 2.53 bits per heavy atom. The number of carboxylic acids is 1. The first-order chi connectivity index (χ1) is 7.95. The molecule has 0 bridgehead atoms. The largest absolute Gasteiger partial charge is 0.478 e. The first kappa shape index (κ1) is 13.1. The third-order valence-corrected chi connectivity index (χ3v) is 2.06. The lowest BCUT2D eigenvalue weighted by Crippen LogP contribution is -2.09. The molecule has 0 fully saturated rings. The SMILES string of the molecule is CCC(=O)c1cc(C(=O)O)ccc1OC(F)F. The molecular formula is C11H10F2O4. The lowest BCUT2D eigenvalue weighted by molar-refractivity contribution is -0.0501. The van der Waals surface area contributed by atoms with Crippen LogP contribution < -0.4 is 4.74 Å². The maximum Gasteiger partial charge on any atom is 0.387 e. The molecule has 0 unspecified atom stereocenters. The van der Waals surface area contributed by atoms with Crippen LogP contribution in [0.2, 0.25) is 0 Å². The molecule has 0 aliphatic rings. The number of rotatable bonds is 5. The van der Waals surface area contributed by atoms with Gasteiger partial charge in [0.05, 0.1) is 11.1 Å². The molecule has 1 aromatic rings. The summed E-state index contributed by atoms with van der Waals surface area (Å²) in [7, 11) is 0. The monoisotopic (exact) mass is 244 g/mol. The summed E-state index contributed by atoms with van der Waals surface area (Å²) in [5.74, 6) is -2.00. The molecular weight excluding hydrogens is 234 g/mol. The van der Waals surface area contributed by atoms with E-state index in [1.165, 1.54) is 0 Å². The number of Topliss-reactive ketones (excluding diaryl/α,β-unsaturated/α-hetero) is 1. The Kier molecular flexibility index (Phi) is 4.14. The highest BCUT2D eigenvalue weighted by Crippen LogP contribution is 2.23. The van der Waals surface area contributed by atoms with Gasteiger partial charge in [-0.05, 0) is 18.2 Å². The van der Waals surface area contributed by atoms with Crippen molar-refractivity contribution < 1.29 is 28.2 Å². The van der Waals surface area contributed by atoms with Crippen LogP contribution in [0.3, 0.4) is 0 Å². The standard InChI is InChI=1S/C11H10F2O4/c1-2-8(14)7-5-6(10(15)16)3-4-9(7)17-11(12)13/h3-5,11H,2H2,1H3,(H,15,16). The van der Waals surface area contributed by atoms with Crippen LogP contribution in [0.4, 0.5) is 8.78 Å². The van der Waals surface area contributed by atoms with Crippen molar-refractivity contribution in [1.29, 1.82) is 0 Å². The number of ether oxygens (including phenoxy) is 1. The van der Waals surface area contributed by atoms with Gasteiger partial charge in [0.1, 0.15) is 5.75 Å². The normalized spacial score (nSPS) is 10.4. The topological polar surface area (TPSA) is 63.6 Å². The van der Waals surface area contributed by atoms with Crippen molar-refractivity contribution in [2.75, 3.05) is 0 Å². The van der Waals surface area contributed by atoms with Gasteiger partial charge in [-0.3, -0.25) is 4.79 Å². The third kappa shape index (κ3) is 3.24. The van der Waals surface area contributed by atoms with Crippen LogP contribution in [-0.4, -0.2) is 23.5 Å². The average Bonchev–Trinajstić information content (AvgIpc) is 2.27. The molecule has 92 valence electrons. The second kappa shape index (κ2) is 5.38. The zero-order valence-corrected chi connectivity index (χ0v) is 8.94. The number of aromatic carboxylic acids is 1. The molecule has 1 rings (SSSR count). The minimum atomic E-state index is -3.06. The molecule has 1 N–H and O–H groups in total. The Labute approximate surface area is 95.8 Å². The average molecular weight is 244 g/mol. The summed E-state index contributed by atoms with van der Waals surface area (Å²) in [6.45, 7) is -1.52. The van der Waals surface area contributed by atoms with Gasteiger partial charge in [-0.25, -0.2) is 4.79 Å². The first-order valence-corrected chi connectivity index (χ1v) is 4.81. The summed E-state index contributed by atoms with van der Waals surface area (Å²) in [6.07, 6.45) is 0.0721. The number of ketones is 1. The summed E-state index contributed by atoms with van der Waals surface area (Å²) in [5, 5.41) is 8.74. The fourth-order valence-corrected chi connectivity index (χ4v) is 1.27. The van der Waals surface area contributed by atoms with E-state index in [4.69, 9.17) is 5.11 Å². The summed E-state index contributed by atoms with van der Waals surface area (Å²) in [5.41, 5.74) is -0.295. The van der Waals surface area contributed by atoms with Crippen molar-refractivity contribution in [2.24, 2.45) is 0 Å². The van der Waals surface area contributed by atoms with Crippen LogP contribution >= 0.6 is 0 Å². The zero-order valence-electron chi connectivity index (χ0n) is 8.94. The maximum absolute atomic E-state index is 12.1. The predicted octanol–water partition coefficient (Wildman–Crippen LogP) is 2.58. The second-order valence-electron chi connectivity index (χ2n) is 3.17. The highest BCUT2D eigenvalue weighted by molar-refractivity contribution is 6.01. The van der Waals surface area contributed by atoms with E-state index in [0.29, 0.717) is 0 Å². The van der Waals surface area contributed by atoms with E-state index in [-0.39, 0.29) is 23.3 Å². The quantitative estimate of drug-likeness (QED) is 0.808. The van der Waals surface area contributed by atoms with Crippen LogP contribution in [0.5, 0.6) is 5.75 Å². The van der Waals surface area contributed by atoms with Gasteiger partial charge < -0.3 is 9.84 Å². The highest BCUT2D eigenvalue weighted by atomic mass is 19.3. The van der Waals surface area contributed by atoms with Crippen molar-refractivity contribution >= 4 is 11.8 Å². The molecule has 6 heteroatoms. The number of hydrogen-bond donors (Lipinski definition) is 1. The van der Waals surface area contributed by atoms with E-state index in [0.717, 1.165) is 18.2 Å². The smallest absolute Gasteiger partial charge is 0.387 e. The molecule has 0 radical (unpaired) electrons. The maximum atomic E-state index is 12.1. The van der Waals surface area contributed by atoms with Gasteiger partial charge in [-0.2, -0.15) is 8.78 Å². The van der Waals surface area contributed by atoms with Crippen molar-refractivity contribution in [3.05, 3.63) is 29.3 Å². The fourth-order valence-electron chi connectivity index (χ4n) is 1.27. The van der Waals surface area contributed by atoms with E-state index in [1.54, 1.807) is 6.92 Å². The van der Waals surface area contributed by atoms with Crippen molar-refractivity contribution in [2.45, 2.75) is 20.0 Å². The molecule has 0 aliphatic heterocycles. The Bertz CT molecular complexity index is 443. The van der Waals surface area contributed by atoms with Gasteiger partial charge in [-0.1, -0.05) is 6.92 Å². The molecule has 4 nitrogen and oxygen atoms in total. The minimum Gasteiger partial charge on any atom is -0.478 e.